The summed E-state index contributed by atoms with van der Waals surface area (Å²) in [5.74, 6) is 0.670. The lowest BCUT2D eigenvalue weighted by Crippen LogP contribution is -2.19. The molecule has 1 aromatic heterocycles. The van der Waals surface area contributed by atoms with Gasteiger partial charge in [-0.05, 0) is 24.6 Å². The largest absolute Gasteiger partial charge is 0.325 e. The summed E-state index contributed by atoms with van der Waals surface area (Å²) in [5.41, 5.74) is 3.82. The van der Waals surface area contributed by atoms with Crippen LogP contribution in [0, 0.1) is 6.92 Å². The molecule has 4 aromatic rings. The van der Waals surface area contributed by atoms with Crippen LogP contribution in [-0.4, -0.2) is 20.7 Å². The minimum atomic E-state index is -0.459. The van der Waals surface area contributed by atoms with E-state index in [9.17, 15) is 4.79 Å². The van der Waals surface area contributed by atoms with Crippen molar-refractivity contribution in [2.75, 3.05) is 5.32 Å². The Morgan fingerprint density at radius 2 is 1.53 bits per heavy atom. The van der Waals surface area contributed by atoms with Crippen molar-refractivity contribution in [3.8, 4) is 11.4 Å². The molecule has 5 nitrogen and oxygen atoms in total. The first-order chi connectivity index (χ1) is 14.6. The van der Waals surface area contributed by atoms with Gasteiger partial charge in [-0.2, -0.15) is 0 Å². The van der Waals surface area contributed by atoms with E-state index < -0.39 is 5.25 Å². The number of rotatable bonds is 6. The number of carbonyl (C=O) groups is 1. The van der Waals surface area contributed by atoms with Crippen LogP contribution < -0.4 is 5.32 Å². The van der Waals surface area contributed by atoms with Gasteiger partial charge in [-0.25, -0.2) is 0 Å². The number of anilines is 1. The fraction of sp³-hybridized carbons (Fsp3) is 0.125. The summed E-state index contributed by atoms with van der Waals surface area (Å²) in [5, 5.41) is 12.0. The molecule has 0 radical (unpaired) electrons. The van der Waals surface area contributed by atoms with Crippen molar-refractivity contribution >= 4 is 23.4 Å². The summed E-state index contributed by atoms with van der Waals surface area (Å²) in [6.45, 7) is 2.02. The Morgan fingerprint density at radius 1 is 0.900 bits per heavy atom. The van der Waals surface area contributed by atoms with Gasteiger partial charge in [0.1, 0.15) is 5.25 Å². The molecule has 1 heterocycles. The number of benzene rings is 3. The Hall–Kier alpha value is -3.38. The summed E-state index contributed by atoms with van der Waals surface area (Å²) in [6, 6.07) is 27.4. The van der Waals surface area contributed by atoms with Gasteiger partial charge in [0.25, 0.3) is 0 Å². The predicted molar refractivity (Wildman–Crippen MR) is 121 cm³/mol. The summed E-state index contributed by atoms with van der Waals surface area (Å²) >= 11 is 1.39. The molecule has 4 rings (SSSR count). The molecule has 1 amide bonds. The van der Waals surface area contributed by atoms with Gasteiger partial charge in [0.2, 0.25) is 5.91 Å². The van der Waals surface area contributed by atoms with E-state index in [1.165, 1.54) is 11.8 Å². The second-order valence-corrected chi connectivity index (χ2v) is 8.07. The summed E-state index contributed by atoms with van der Waals surface area (Å²) in [7, 11) is 1.92. The lowest BCUT2D eigenvalue weighted by molar-refractivity contribution is -0.115. The van der Waals surface area contributed by atoms with Crippen LogP contribution in [0.25, 0.3) is 11.4 Å². The molecule has 0 fully saturated rings. The second-order valence-electron chi connectivity index (χ2n) is 7.00. The highest BCUT2D eigenvalue weighted by Crippen LogP contribution is 2.36. The van der Waals surface area contributed by atoms with E-state index in [-0.39, 0.29) is 5.91 Å². The van der Waals surface area contributed by atoms with Gasteiger partial charge < -0.3 is 9.88 Å². The van der Waals surface area contributed by atoms with Gasteiger partial charge in [0, 0.05) is 18.3 Å². The molecule has 0 aliphatic rings. The minimum absolute atomic E-state index is 0.0979. The average molecular weight is 415 g/mol. The van der Waals surface area contributed by atoms with Crippen LogP contribution in [0.15, 0.2) is 90.1 Å². The summed E-state index contributed by atoms with van der Waals surface area (Å²) < 4.78 is 1.93. The van der Waals surface area contributed by atoms with Gasteiger partial charge in [-0.1, -0.05) is 90.1 Å². The molecule has 3 aromatic carbocycles. The zero-order chi connectivity index (χ0) is 20.9. The van der Waals surface area contributed by atoms with Gasteiger partial charge in [0.15, 0.2) is 11.0 Å². The number of thioether (sulfide) groups is 1. The Balaban J connectivity index is 1.62. The number of hydrogen-bond acceptors (Lipinski definition) is 4. The van der Waals surface area contributed by atoms with E-state index in [0.717, 1.165) is 28.2 Å². The number of aryl methyl sites for hydroxylation is 1. The monoisotopic (exact) mass is 414 g/mol. The van der Waals surface area contributed by atoms with Crippen LogP contribution in [0.3, 0.4) is 0 Å². The van der Waals surface area contributed by atoms with Crippen LogP contribution >= 0.6 is 11.8 Å². The van der Waals surface area contributed by atoms with Crippen molar-refractivity contribution in [2.45, 2.75) is 17.3 Å². The third-order valence-corrected chi connectivity index (χ3v) is 6.04. The maximum absolute atomic E-state index is 13.2. The number of carbonyl (C=O) groups excluding carboxylic acids is 1. The molecule has 0 unspecified atom stereocenters. The van der Waals surface area contributed by atoms with E-state index in [4.69, 9.17) is 0 Å². The summed E-state index contributed by atoms with van der Waals surface area (Å²) in [4.78, 5) is 13.2. The Morgan fingerprint density at radius 3 is 2.20 bits per heavy atom. The highest BCUT2D eigenvalue weighted by molar-refractivity contribution is 8.00. The fourth-order valence-electron chi connectivity index (χ4n) is 3.11. The number of nitrogens with zero attached hydrogens (tertiary/aromatic N) is 3. The second kappa shape index (κ2) is 8.97. The Labute approximate surface area is 180 Å². The number of nitrogens with one attached hydrogen (secondary N) is 1. The highest BCUT2D eigenvalue weighted by atomic mass is 32.2. The molecule has 0 aliphatic heterocycles. The van der Waals surface area contributed by atoms with Gasteiger partial charge in [0.05, 0.1) is 0 Å². The molecule has 6 heteroatoms. The van der Waals surface area contributed by atoms with Crippen molar-refractivity contribution in [1.29, 1.82) is 0 Å². The number of aromatic nitrogens is 3. The molecule has 0 saturated carbocycles. The van der Waals surface area contributed by atoms with Crippen molar-refractivity contribution < 1.29 is 4.79 Å². The summed E-state index contributed by atoms with van der Waals surface area (Å²) in [6.07, 6.45) is 0. The topological polar surface area (TPSA) is 59.8 Å². The quantitative estimate of drug-likeness (QED) is 0.437. The van der Waals surface area contributed by atoms with Crippen LogP contribution in [0.5, 0.6) is 0 Å². The molecule has 0 spiro atoms. The first-order valence-corrected chi connectivity index (χ1v) is 10.5. The predicted octanol–water partition coefficient (Wildman–Crippen LogP) is 5.26. The number of amides is 1. The van der Waals surface area contributed by atoms with Gasteiger partial charge in [-0.15, -0.1) is 10.2 Å². The van der Waals surface area contributed by atoms with Crippen molar-refractivity contribution in [2.24, 2.45) is 7.05 Å². The van der Waals surface area contributed by atoms with E-state index in [1.54, 1.807) is 0 Å². The van der Waals surface area contributed by atoms with Crippen LogP contribution in [0.1, 0.15) is 16.4 Å². The van der Waals surface area contributed by atoms with Gasteiger partial charge >= 0.3 is 0 Å². The molecule has 1 N–H and O–H groups in total. The van der Waals surface area contributed by atoms with Gasteiger partial charge in [-0.3, -0.25) is 4.79 Å². The third-order valence-electron chi connectivity index (χ3n) is 4.75. The molecular formula is C24H22N4OS. The fourth-order valence-corrected chi connectivity index (χ4v) is 4.11. The molecule has 1 atom stereocenters. The van der Waals surface area contributed by atoms with E-state index >= 15 is 0 Å². The van der Waals surface area contributed by atoms with E-state index in [0.29, 0.717) is 5.16 Å². The normalized spacial score (nSPS) is 11.8. The molecule has 30 heavy (non-hydrogen) atoms. The molecule has 0 bridgehead atoms. The van der Waals surface area contributed by atoms with E-state index in [1.807, 2.05) is 103 Å². The maximum Gasteiger partial charge on any atom is 0.242 e. The van der Waals surface area contributed by atoms with E-state index in [2.05, 4.69) is 15.5 Å². The Bertz CT molecular complexity index is 1130. The zero-order valence-corrected chi connectivity index (χ0v) is 17.6. The zero-order valence-electron chi connectivity index (χ0n) is 16.8. The minimum Gasteiger partial charge on any atom is -0.325 e. The van der Waals surface area contributed by atoms with Crippen LogP contribution in [0.2, 0.25) is 0 Å². The molecular weight excluding hydrogens is 392 g/mol. The lowest BCUT2D eigenvalue weighted by atomic mass is 10.1. The lowest BCUT2D eigenvalue weighted by Gasteiger charge is -2.17. The van der Waals surface area contributed by atoms with Crippen LogP contribution in [0.4, 0.5) is 5.69 Å². The van der Waals surface area contributed by atoms with Crippen LogP contribution in [-0.2, 0) is 11.8 Å². The van der Waals surface area contributed by atoms with Crippen molar-refractivity contribution in [3.63, 3.8) is 0 Å². The SMILES string of the molecule is Cc1ccc(NC(=O)[C@H](Sc2nnc(-c3ccccc3)n2C)c2ccccc2)cc1. The van der Waals surface area contributed by atoms with Crippen molar-refractivity contribution in [3.05, 3.63) is 96.1 Å². The standard InChI is InChI=1S/C24H22N4OS/c1-17-13-15-20(16-14-17)25-23(29)21(18-9-5-3-6-10-18)30-24-27-26-22(28(24)2)19-11-7-4-8-12-19/h3-16,21H,1-2H3,(H,25,29)/t21-/m1/s1. The first kappa shape index (κ1) is 19.9. The molecule has 0 saturated heterocycles. The maximum atomic E-state index is 13.2. The highest BCUT2D eigenvalue weighted by Gasteiger charge is 2.25. The van der Waals surface area contributed by atoms with Crippen molar-refractivity contribution in [1.82, 2.24) is 14.8 Å². The number of hydrogen-bond donors (Lipinski definition) is 1. The molecule has 150 valence electrons. The first-order valence-electron chi connectivity index (χ1n) is 9.66. The Kier molecular flexibility index (Phi) is 5.95. The molecule has 0 aliphatic carbocycles. The smallest absolute Gasteiger partial charge is 0.242 e. The third kappa shape index (κ3) is 4.44. The average Bonchev–Trinajstić information content (AvgIpc) is 3.15.